The molecule has 0 unspecified atom stereocenters. The quantitative estimate of drug-likeness (QED) is 0.0526. The van der Waals surface area contributed by atoms with Crippen LogP contribution in [0.25, 0.3) is 44.2 Å². The molecule has 448 valence electrons. The van der Waals surface area contributed by atoms with Gasteiger partial charge in [-0.3, -0.25) is 24.3 Å². The van der Waals surface area contributed by atoms with Gasteiger partial charge in [0, 0.05) is 105 Å². The predicted molar refractivity (Wildman–Crippen MR) is 314 cm³/mol. The summed E-state index contributed by atoms with van der Waals surface area (Å²) in [4.78, 5) is 68.6. The Kier molecular flexibility index (Phi) is 16.4. The van der Waals surface area contributed by atoms with Crippen LogP contribution in [-0.2, 0) is 27.3 Å². The van der Waals surface area contributed by atoms with Gasteiger partial charge in [-0.2, -0.15) is 9.97 Å². The zero-order valence-corrected chi connectivity index (χ0v) is 49.4. The zero-order chi connectivity index (χ0) is 59.5. The number of aliphatic hydroxyl groups is 2. The Morgan fingerprint density at radius 3 is 2.39 bits per heavy atom. The molecule has 4 atom stereocenters. The molecule has 3 aromatic carbocycles. The van der Waals surface area contributed by atoms with Gasteiger partial charge in [-0.15, -0.1) is 11.3 Å². The van der Waals surface area contributed by atoms with Crippen molar-refractivity contribution in [1.82, 2.24) is 45.3 Å². The fourth-order valence-corrected chi connectivity index (χ4v) is 12.8. The lowest BCUT2D eigenvalue weighted by Gasteiger charge is -2.38. The fraction of sp³-hybridized carbons (Fsp3) is 0.532. The van der Waals surface area contributed by atoms with E-state index in [0.29, 0.717) is 84.4 Å². The largest absolute Gasteiger partial charge is 0.508 e. The predicted octanol–water partition coefficient (Wildman–Crippen LogP) is 7.64. The number of aromatic hydroxyl groups is 1. The van der Waals surface area contributed by atoms with Crippen LogP contribution in [-0.4, -0.2) is 169 Å². The number of thiazole rings is 1. The number of hydrogen-bond acceptors (Lipinski definition) is 16. The molecule has 0 radical (unpaired) electrons. The Labute approximate surface area is 490 Å². The lowest BCUT2D eigenvalue weighted by atomic mass is 9.85. The molecule has 3 aromatic heterocycles. The number of rotatable bonds is 19. The number of aromatic nitrogens is 4. The highest BCUT2D eigenvalue weighted by atomic mass is 32.1. The Morgan fingerprint density at radius 1 is 0.940 bits per heavy atom. The minimum Gasteiger partial charge on any atom is -0.508 e. The van der Waals surface area contributed by atoms with E-state index in [1.54, 1.807) is 39.3 Å². The van der Waals surface area contributed by atoms with Crippen LogP contribution >= 0.6 is 11.3 Å². The average molecular weight is 1180 g/mol. The Balaban J connectivity index is 0.733. The molecule has 3 amide bonds. The molecular formula is C62H75F3N10O8S. The number of carbonyl (C=O) groups excluding carboxylic acids is 3. The van der Waals surface area contributed by atoms with Gasteiger partial charge in [-0.1, -0.05) is 45.9 Å². The maximum absolute atomic E-state index is 17.2. The summed E-state index contributed by atoms with van der Waals surface area (Å²) in [7, 11) is 0. The number of β-amino-alcohol motifs (C(OH)–C–C–N with tert-alkyl or cyclic N) is 2. The number of benzene rings is 3. The van der Waals surface area contributed by atoms with E-state index >= 15 is 8.78 Å². The molecule has 0 bridgehead atoms. The third kappa shape index (κ3) is 12.5. The van der Waals surface area contributed by atoms with E-state index in [9.17, 15) is 34.1 Å². The number of anilines is 1. The number of hydrogen-bond donors (Lipinski definition) is 5. The van der Waals surface area contributed by atoms with E-state index in [2.05, 4.69) is 35.4 Å². The maximum atomic E-state index is 17.2. The fourth-order valence-electron chi connectivity index (χ4n) is 12.2. The molecule has 3 saturated heterocycles. The molecule has 22 heteroatoms. The summed E-state index contributed by atoms with van der Waals surface area (Å²) < 4.78 is 60.3. The molecule has 0 spiro atoms. The first kappa shape index (κ1) is 59.0. The van der Waals surface area contributed by atoms with Crippen molar-refractivity contribution in [3.63, 3.8) is 0 Å². The second-order valence-electron chi connectivity index (χ2n) is 25.2. The van der Waals surface area contributed by atoms with Crippen LogP contribution in [0.2, 0.25) is 0 Å². The Morgan fingerprint density at radius 2 is 1.70 bits per heavy atom. The molecule has 11 rings (SSSR count). The van der Waals surface area contributed by atoms with Crippen molar-refractivity contribution in [1.29, 1.82) is 0 Å². The van der Waals surface area contributed by atoms with Gasteiger partial charge in [0.25, 0.3) is 5.91 Å². The number of carbonyl (C=O) groups is 3. The molecule has 6 aromatic rings. The number of phenolic OH excluding ortho intramolecular Hbond substituents is 1. The summed E-state index contributed by atoms with van der Waals surface area (Å²) in [5.41, 5.74) is 0.722. The number of pyridine rings is 1. The first-order chi connectivity index (χ1) is 40.0. The minimum atomic E-state index is -1.99. The zero-order valence-electron chi connectivity index (χ0n) is 48.6. The van der Waals surface area contributed by atoms with Crippen LogP contribution in [0, 0.1) is 29.4 Å². The van der Waals surface area contributed by atoms with Crippen LogP contribution < -0.4 is 25.0 Å². The highest BCUT2D eigenvalue weighted by Gasteiger charge is 2.53. The molecule has 5 fully saturated rings. The van der Waals surface area contributed by atoms with Crippen molar-refractivity contribution in [3.8, 4) is 40.0 Å². The number of piperazine rings is 1. The van der Waals surface area contributed by atoms with Crippen molar-refractivity contribution < 1.29 is 52.3 Å². The average Bonchev–Trinajstić information content (AvgIpc) is 3.24. The number of piperidine rings is 1. The number of aryl methyl sites for hydroxylation is 2. The number of ether oxygens (including phenoxy) is 2. The van der Waals surface area contributed by atoms with Gasteiger partial charge in [-0.05, 0) is 105 Å². The van der Waals surface area contributed by atoms with Crippen molar-refractivity contribution in [2.45, 2.75) is 129 Å². The second kappa shape index (κ2) is 23.3. The van der Waals surface area contributed by atoms with E-state index in [1.807, 2.05) is 36.9 Å². The molecule has 3 aliphatic heterocycles. The lowest BCUT2D eigenvalue weighted by Crippen LogP contribution is -2.59. The minimum absolute atomic E-state index is 0.000987. The van der Waals surface area contributed by atoms with Crippen LogP contribution in [0.5, 0.6) is 17.5 Å². The van der Waals surface area contributed by atoms with Gasteiger partial charge in [0.15, 0.2) is 11.5 Å². The van der Waals surface area contributed by atoms with E-state index in [0.717, 1.165) is 61.7 Å². The first-order valence-corrected chi connectivity index (χ1v) is 30.2. The number of likely N-dealkylation sites (tertiary alicyclic amines) is 1. The number of amides is 3. The number of phenols is 1. The normalized spacial score (nSPS) is 21.8. The van der Waals surface area contributed by atoms with Gasteiger partial charge < -0.3 is 50.1 Å². The van der Waals surface area contributed by atoms with Gasteiger partial charge in [0.2, 0.25) is 11.8 Å². The first-order valence-electron chi connectivity index (χ1n) is 29.3. The van der Waals surface area contributed by atoms with Crippen LogP contribution in [0.3, 0.4) is 0 Å². The third-order valence-corrected chi connectivity index (χ3v) is 18.2. The van der Waals surface area contributed by atoms with E-state index in [-0.39, 0.29) is 72.8 Å². The van der Waals surface area contributed by atoms with Crippen molar-refractivity contribution in [2.24, 2.45) is 10.8 Å². The molecule has 6 heterocycles. The molecule has 18 nitrogen and oxygen atoms in total. The Bertz CT molecular complexity index is 3490. The highest BCUT2D eigenvalue weighted by Crippen LogP contribution is 2.47. The summed E-state index contributed by atoms with van der Waals surface area (Å²) in [6, 6.07) is 9.45. The highest BCUT2D eigenvalue weighted by molar-refractivity contribution is 7.10. The van der Waals surface area contributed by atoms with Crippen LogP contribution in [0.1, 0.15) is 95.6 Å². The molecule has 2 aliphatic carbocycles. The number of nitrogens with zero attached hydrogens (tertiary/aromatic N) is 8. The van der Waals surface area contributed by atoms with Gasteiger partial charge in [0.05, 0.1) is 34.9 Å². The number of alkyl halides is 1. The summed E-state index contributed by atoms with van der Waals surface area (Å²) in [6.45, 7) is 17.0. The number of nitrogens with one attached hydrogen (secondary N) is 2. The van der Waals surface area contributed by atoms with Gasteiger partial charge in [-0.25, -0.2) is 18.2 Å². The maximum Gasteiger partial charge on any atom is 0.319 e. The smallest absolute Gasteiger partial charge is 0.319 e. The van der Waals surface area contributed by atoms with Gasteiger partial charge >= 0.3 is 6.01 Å². The SMILES string of the molecule is CCc1c(F)ccc2cc(O)cc(-c3ncc4c(N5CCC[C@@](C)(O)C5)nc(OCC5(CN6CCN(CCOc7cc(-c8ncsc8C)ccc7CNC(=O)[C@@H]7C[C@@H](O)CN7C(=O)[C@@H](NC(=O)C7(F)CC7)C(C)(C)C)CC6)CC5)nc4c3F)c12. The Hall–Kier alpha value is -6.72. The van der Waals surface area contributed by atoms with Gasteiger partial charge in [0.1, 0.15) is 53.0 Å². The summed E-state index contributed by atoms with van der Waals surface area (Å²) in [5, 5.41) is 39.6. The van der Waals surface area contributed by atoms with Crippen LogP contribution in [0.4, 0.5) is 19.0 Å². The molecule has 84 heavy (non-hydrogen) atoms. The molecule has 5 aliphatic rings. The molecule has 2 saturated carbocycles. The summed E-state index contributed by atoms with van der Waals surface area (Å²) in [5.74, 6) is -2.21. The number of fused-ring (bicyclic) bond motifs is 2. The van der Waals surface area contributed by atoms with E-state index in [4.69, 9.17) is 14.5 Å². The third-order valence-electron chi connectivity index (χ3n) is 17.4. The van der Waals surface area contributed by atoms with Crippen LogP contribution in [0.15, 0.2) is 54.2 Å². The number of aliphatic hydroxyl groups excluding tert-OH is 1. The standard InChI is InChI=1S/C62H75F3N10O8S/c1-7-42-45(63)12-11-37-25-40(76)27-43(48(37)42)51-49(64)52-44(30-66-51)54(74-18-8-13-60(6,81)32-74)71-58(69-52)83-34-61(14-15-61)33-73-21-19-72(20-22-73)23-24-82-47-26-38(50-36(2)84-35-68-50)9-10-39(47)29-67-55(78)46-28-41(77)31-75(46)56(79)53(59(3,4)5)70-57(80)62(65)16-17-62/h9-12,25-27,30,35,41,46,53,76-77,81H,7-8,13-24,28-29,31-34H2,1-6H3,(H,67,78)(H,70,80)/t41-,46+,53-,60-/m1/s1. The summed E-state index contributed by atoms with van der Waals surface area (Å²) in [6.07, 6.45) is 4.21. The topological polar surface area (TPSA) is 219 Å². The van der Waals surface area contributed by atoms with Crippen molar-refractivity contribution in [2.75, 3.05) is 77.0 Å². The molecular weight excluding hydrogens is 1100 g/mol. The molecule has 5 N–H and O–H groups in total. The number of halogens is 3. The van der Waals surface area contributed by atoms with Crippen molar-refractivity contribution >= 4 is 56.6 Å². The second-order valence-corrected chi connectivity index (χ2v) is 26.3. The van der Waals surface area contributed by atoms with E-state index < -0.39 is 64.2 Å². The van der Waals surface area contributed by atoms with E-state index in [1.165, 1.54) is 40.6 Å². The van der Waals surface area contributed by atoms with Crippen molar-refractivity contribution in [3.05, 3.63) is 81.8 Å². The summed E-state index contributed by atoms with van der Waals surface area (Å²) >= 11 is 1.54. The monoisotopic (exact) mass is 1180 g/mol. The lowest BCUT2D eigenvalue weighted by molar-refractivity contribution is -0.145.